The summed E-state index contributed by atoms with van der Waals surface area (Å²) in [6, 6.07) is 4.65. The van der Waals surface area contributed by atoms with E-state index in [1.165, 1.54) is 24.0 Å². The molecule has 116 valence electrons. The molecular weight excluding hydrogens is 297 g/mol. The average molecular weight is 311 g/mol. The van der Waals surface area contributed by atoms with Gasteiger partial charge in [-0.2, -0.15) is 14.6 Å². The van der Waals surface area contributed by atoms with Crippen molar-refractivity contribution in [3.63, 3.8) is 0 Å². The van der Waals surface area contributed by atoms with Crippen LogP contribution in [0.1, 0.15) is 17.7 Å². The van der Waals surface area contributed by atoms with Crippen LogP contribution >= 0.6 is 0 Å². The van der Waals surface area contributed by atoms with Crippen LogP contribution in [0.5, 0.6) is 5.75 Å². The maximum atomic E-state index is 13.5. The average Bonchev–Trinajstić information content (AvgIpc) is 3.20. The Morgan fingerprint density at radius 3 is 3.13 bits per heavy atom. The number of ether oxygens (including phenoxy) is 1. The van der Waals surface area contributed by atoms with Crippen LogP contribution in [0.25, 0.3) is 5.78 Å². The summed E-state index contributed by atoms with van der Waals surface area (Å²) in [5.41, 5.74) is 3.16. The Bertz CT molecular complexity index is 922. The topological polar surface area (TPSA) is 55.5 Å². The molecule has 0 atom stereocenters. The largest absolute Gasteiger partial charge is 0.489 e. The molecule has 3 heterocycles. The quantitative estimate of drug-likeness (QED) is 0.690. The number of fused-ring (bicyclic) bond motifs is 3. The van der Waals surface area contributed by atoms with Crippen molar-refractivity contribution in [2.75, 3.05) is 18.1 Å². The van der Waals surface area contributed by atoms with Crippen LogP contribution in [-0.2, 0) is 12.8 Å². The van der Waals surface area contributed by atoms with Crippen LogP contribution in [-0.4, -0.2) is 32.7 Å². The molecule has 2 aliphatic rings. The Hall–Kier alpha value is -2.70. The fourth-order valence-corrected chi connectivity index (χ4v) is 3.49. The van der Waals surface area contributed by atoms with Crippen molar-refractivity contribution in [2.24, 2.45) is 0 Å². The van der Waals surface area contributed by atoms with E-state index in [9.17, 15) is 4.39 Å². The zero-order valence-electron chi connectivity index (χ0n) is 12.4. The van der Waals surface area contributed by atoms with Crippen molar-refractivity contribution >= 4 is 17.3 Å². The van der Waals surface area contributed by atoms with Gasteiger partial charge in [-0.25, -0.2) is 9.37 Å². The van der Waals surface area contributed by atoms with Gasteiger partial charge < -0.3 is 9.64 Å². The highest BCUT2D eigenvalue weighted by atomic mass is 19.1. The van der Waals surface area contributed by atoms with E-state index < -0.39 is 0 Å². The SMILES string of the molecule is Fc1ccc2c(c1)OCCN2c1c2c(nc3ncnn13)CCC2. The zero-order valence-corrected chi connectivity index (χ0v) is 12.4. The van der Waals surface area contributed by atoms with E-state index >= 15 is 0 Å². The minimum absolute atomic E-state index is 0.295. The summed E-state index contributed by atoms with van der Waals surface area (Å²) in [4.78, 5) is 11.0. The number of hydrogen-bond acceptors (Lipinski definition) is 5. The Labute approximate surface area is 131 Å². The van der Waals surface area contributed by atoms with Crippen LogP contribution in [0.2, 0.25) is 0 Å². The van der Waals surface area contributed by atoms with E-state index in [1.807, 2.05) is 0 Å². The summed E-state index contributed by atoms with van der Waals surface area (Å²) < 4.78 is 20.9. The highest BCUT2D eigenvalue weighted by molar-refractivity contribution is 5.72. The number of halogens is 1. The molecule has 3 aromatic rings. The minimum Gasteiger partial charge on any atom is -0.489 e. The van der Waals surface area contributed by atoms with Gasteiger partial charge in [-0.1, -0.05) is 0 Å². The van der Waals surface area contributed by atoms with E-state index in [-0.39, 0.29) is 5.82 Å². The lowest BCUT2D eigenvalue weighted by atomic mass is 10.1. The lowest BCUT2D eigenvalue weighted by molar-refractivity contribution is 0.311. The highest BCUT2D eigenvalue weighted by Crippen LogP contribution is 2.40. The first-order chi connectivity index (χ1) is 11.3. The summed E-state index contributed by atoms with van der Waals surface area (Å²) in [6.45, 7) is 1.19. The van der Waals surface area contributed by atoms with Crippen LogP contribution in [0.4, 0.5) is 15.9 Å². The van der Waals surface area contributed by atoms with Crippen LogP contribution < -0.4 is 9.64 Å². The summed E-state index contributed by atoms with van der Waals surface area (Å²) in [5.74, 6) is 1.86. The Morgan fingerprint density at radius 1 is 1.22 bits per heavy atom. The van der Waals surface area contributed by atoms with Gasteiger partial charge in [0.05, 0.1) is 17.9 Å². The second kappa shape index (κ2) is 4.65. The molecule has 1 aliphatic carbocycles. The van der Waals surface area contributed by atoms with Gasteiger partial charge in [0.2, 0.25) is 0 Å². The summed E-state index contributed by atoms with van der Waals surface area (Å²) in [7, 11) is 0. The molecule has 23 heavy (non-hydrogen) atoms. The summed E-state index contributed by atoms with van der Waals surface area (Å²) in [5, 5.41) is 4.35. The van der Waals surface area contributed by atoms with Gasteiger partial charge in [0, 0.05) is 11.6 Å². The number of anilines is 2. The fourth-order valence-electron chi connectivity index (χ4n) is 3.49. The summed E-state index contributed by atoms with van der Waals surface area (Å²) in [6.07, 6.45) is 4.55. The highest BCUT2D eigenvalue weighted by Gasteiger charge is 2.29. The number of rotatable bonds is 1. The first kappa shape index (κ1) is 12.8. The lowest BCUT2D eigenvalue weighted by Crippen LogP contribution is -2.31. The molecule has 1 aromatic carbocycles. The molecule has 0 unspecified atom stereocenters. The molecule has 0 radical (unpaired) electrons. The molecule has 5 rings (SSSR count). The van der Waals surface area contributed by atoms with Crippen molar-refractivity contribution in [1.29, 1.82) is 0 Å². The minimum atomic E-state index is -0.295. The third-order valence-corrected chi connectivity index (χ3v) is 4.46. The van der Waals surface area contributed by atoms with E-state index in [0.29, 0.717) is 24.7 Å². The second-order valence-electron chi connectivity index (χ2n) is 5.80. The lowest BCUT2D eigenvalue weighted by Gasteiger charge is -2.32. The van der Waals surface area contributed by atoms with Gasteiger partial charge in [-0.3, -0.25) is 0 Å². The van der Waals surface area contributed by atoms with Crippen molar-refractivity contribution in [1.82, 2.24) is 19.6 Å². The maximum absolute atomic E-state index is 13.5. The number of benzene rings is 1. The number of hydrogen-bond donors (Lipinski definition) is 0. The van der Waals surface area contributed by atoms with Crippen LogP contribution in [0.3, 0.4) is 0 Å². The smallest absolute Gasteiger partial charge is 0.254 e. The molecule has 6 nitrogen and oxygen atoms in total. The monoisotopic (exact) mass is 311 g/mol. The molecule has 7 heteroatoms. The van der Waals surface area contributed by atoms with Crippen LogP contribution in [0.15, 0.2) is 24.5 Å². The Balaban J connectivity index is 1.78. The predicted octanol–water partition coefficient (Wildman–Crippen LogP) is 2.28. The van der Waals surface area contributed by atoms with Crippen molar-refractivity contribution in [3.05, 3.63) is 41.6 Å². The molecule has 0 fully saturated rings. The molecule has 0 bridgehead atoms. The van der Waals surface area contributed by atoms with E-state index in [1.54, 1.807) is 10.6 Å². The third-order valence-electron chi connectivity index (χ3n) is 4.46. The molecule has 1 aliphatic heterocycles. The molecule has 0 saturated heterocycles. The van der Waals surface area contributed by atoms with Gasteiger partial charge in [0.25, 0.3) is 5.78 Å². The van der Waals surface area contributed by atoms with Crippen molar-refractivity contribution in [3.8, 4) is 5.75 Å². The molecule has 0 amide bonds. The van der Waals surface area contributed by atoms with Gasteiger partial charge in [0.15, 0.2) is 0 Å². The number of aryl methyl sites for hydroxylation is 1. The number of nitrogens with zero attached hydrogens (tertiary/aromatic N) is 5. The summed E-state index contributed by atoms with van der Waals surface area (Å²) >= 11 is 0. The van der Waals surface area contributed by atoms with Crippen molar-refractivity contribution < 1.29 is 9.13 Å². The van der Waals surface area contributed by atoms with E-state index in [2.05, 4.69) is 20.0 Å². The van der Waals surface area contributed by atoms with Crippen molar-refractivity contribution in [2.45, 2.75) is 19.3 Å². The fraction of sp³-hybridized carbons (Fsp3) is 0.312. The van der Waals surface area contributed by atoms with Crippen LogP contribution in [0, 0.1) is 5.82 Å². The standard InChI is InChI=1S/C16H14FN5O/c17-10-4-5-13-14(8-10)23-7-6-21(13)15-11-2-1-3-12(11)20-16-18-9-19-22(15)16/h4-5,8-9H,1-3,6-7H2. The predicted molar refractivity (Wildman–Crippen MR) is 81.7 cm³/mol. The second-order valence-corrected chi connectivity index (χ2v) is 5.80. The Kier molecular flexibility index (Phi) is 2.59. The first-order valence-corrected chi connectivity index (χ1v) is 7.72. The maximum Gasteiger partial charge on any atom is 0.254 e. The normalized spacial score (nSPS) is 16.3. The number of aromatic nitrogens is 4. The van der Waals surface area contributed by atoms with Gasteiger partial charge >= 0.3 is 0 Å². The molecular formula is C16H14FN5O. The van der Waals surface area contributed by atoms with Gasteiger partial charge in [-0.05, 0) is 31.4 Å². The van der Waals surface area contributed by atoms with E-state index in [0.717, 1.165) is 36.5 Å². The zero-order chi connectivity index (χ0) is 15.4. The molecule has 2 aromatic heterocycles. The van der Waals surface area contributed by atoms with E-state index in [4.69, 9.17) is 4.74 Å². The van der Waals surface area contributed by atoms with Gasteiger partial charge in [-0.15, -0.1) is 0 Å². The molecule has 0 spiro atoms. The molecule has 0 saturated carbocycles. The molecule has 0 N–H and O–H groups in total. The Morgan fingerprint density at radius 2 is 2.17 bits per heavy atom. The van der Waals surface area contributed by atoms with Gasteiger partial charge in [0.1, 0.15) is 30.3 Å². The first-order valence-electron chi connectivity index (χ1n) is 7.72. The third kappa shape index (κ3) is 1.82.